The molecule has 0 saturated heterocycles. The third kappa shape index (κ3) is 0.507. The van der Waals surface area contributed by atoms with Gasteiger partial charge in [-0.3, -0.25) is 4.99 Å². The monoisotopic (exact) mass is 107 g/mol. The molecule has 0 N–H and O–H groups in total. The van der Waals surface area contributed by atoms with E-state index in [1.165, 1.54) is 12.1 Å². The van der Waals surface area contributed by atoms with Gasteiger partial charge in [-0.2, -0.15) is 0 Å². The van der Waals surface area contributed by atoms with Crippen LogP contribution in [0, 0.1) is 11.8 Å². The lowest BCUT2D eigenvalue weighted by atomic mass is 10.2. The Hall–Kier alpha value is -0.590. The maximum atomic E-state index is 4.19. The van der Waals surface area contributed by atoms with Crippen LogP contribution in [0.1, 0.15) is 13.3 Å². The molecule has 2 atom stereocenters. The van der Waals surface area contributed by atoms with Crippen LogP contribution in [0.2, 0.25) is 0 Å². The first-order valence-corrected chi connectivity index (χ1v) is 3.09. The van der Waals surface area contributed by atoms with E-state index in [0.717, 1.165) is 11.8 Å². The molecule has 0 aromatic rings. The molecule has 2 unspecified atom stereocenters. The molecule has 8 heavy (non-hydrogen) atoms. The molecule has 1 aliphatic heterocycles. The van der Waals surface area contributed by atoms with Gasteiger partial charge < -0.3 is 0 Å². The second-order valence-corrected chi connectivity index (χ2v) is 2.65. The van der Waals surface area contributed by atoms with Crippen LogP contribution in [0.25, 0.3) is 0 Å². The third-order valence-corrected chi connectivity index (χ3v) is 1.82. The Labute approximate surface area is 49.1 Å². The lowest BCUT2D eigenvalue weighted by Crippen LogP contribution is -1.87. The summed E-state index contributed by atoms with van der Waals surface area (Å²) in [6, 6.07) is 0. The van der Waals surface area contributed by atoms with Crippen molar-refractivity contribution in [3.63, 3.8) is 0 Å². The quantitative estimate of drug-likeness (QED) is 0.446. The van der Waals surface area contributed by atoms with E-state index in [-0.39, 0.29) is 0 Å². The van der Waals surface area contributed by atoms with Gasteiger partial charge in [-0.1, -0.05) is 6.08 Å². The van der Waals surface area contributed by atoms with E-state index in [1.54, 1.807) is 0 Å². The fraction of sp³-hybridized carbons (Fsp3) is 0.571. The number of hydrogen-bond donors (Lipinski definition) is 0. The van der Waals surface area contributed by atoms with Crippen LogP contribution in [0.15, 0.2) is 16.8 Å². The molecule has 0 amide bonds. The standard InChI is InChI=1S/C7H9N/c1-5-2-6-3-7(6)4-8-5/h2,4,6-7H,3H2,1H3. The largest absolute Gasteiger partial charge is 0.266 e. The van der Waals surface area contributed by atoms with Crippen molar-refractivity contribution < 1.29 is 0 Å². The first kappa shape index (κ1) is 4.30. The van der Waals surface area contributed by atoms with Crippen molar-refractivity contribution in [3.8, 4) is 0 Å². The van der Waals surface area contributed by atoms with Gasteiger partial charge in [-0.15, -0.1) is 0 Å². The minimum Gasteiger partial charge on any atom is -0.266 e. The molecule has 0 bridgehead atoms. The van der Waals surface area contributed by atoms with Gasteiger partial charge in [0.15, 0.2) is 0 Å². The predicted molar refractivity (Wildman–Crippen MR) is 33.8 cm³/mol. The van der Waals surface area contributed by atoms with Crippen molar-refractivity contribution in [3.05, 3.63) is 11.8 Å². The molecule has 1 saturated carbocycles. The molecule has 1 nitrogen and oxygen atoms in total. The Kier molecular flexibility index (Phi) is 0.655. The zero-order valence-electron chi connectivity index (χ0n) is 4.96. The highest BCUT2D eigenvalue weighted by molar-refractivity contribution is 5.68. The molecule has 2 rings (SSSR count). The van der Waals surface area contributed by atoms with Gasteiger partial charge in [0.05, 0.1) is 0 Å². The van der Waals surface area contributed by atoms with Gasteiger partial charge in [0.25, 0.3) is 0 Å². The van der Waals surface area contributed by atoms with Gasteiger partial charge in [-0.25, -0.2) is 0 Å². The number of aliphatic imine (C=N–C) groups is 1. The Bertz CT molecular complexity index is 167. The maximum absolute atomic E-state index is 4.19. The maximum Gasteiger partial charge on any atom is 0.0332 e. The molecule has 2 aliphatic rings. The highest BCUT2D eigenvalue weighted by atomic mass is 14.8. The smallest absolute Gasteiger partial charge is 0.0332 e. The zero-order valence-corrected chi connectivity index (χ0v) is 4.96. The highest BCUT2D eigenvalue weighted by Crippen LogP contribution is 2.41. The summed E-state index contributed by atoms with van der Waals surface area (Å²) in [5.41, 5.74) is 1.20. The summed E-state index contributed by atoms with van der Waals surface area (Å²) >= 11 is 0. The molecule has 0 aromatic carbocycles. The van der Waals surface area contributed by atoms with E-state index in [0.29, 0.717) is 0 Å². The molecule has 1 fully saturated rings. The van der Waals surface area contributed by atoms with Gasteiger partial charge >= 0.3 is 0 Å². The lowest BCUT2D eigenvalue weighted by Gasteiger charge is -1.95. The first-order chi connectivity index (χ1) is 3.86. The van der Waals surface area contributed by atoms with Crippen LogP contribution in [0.5, 0.6) is 0 Å². The van der Waals surface area contributed by atoms with E-state index < -0.39 is 0 Å². The Morgan fingerprint density at radius 3 is 3.12 bits per heavy atom. The first-order valence-electron chi connectivity index (χ1n) is 3.09. The fourth-order valence-corrected chi connectivity index (χ4v) is 1.16. The van der Waals surface area contributed by atoms with Crippen molar-refractivity contribution in [2.75, 3.05) is 0 Å². The minimum atomic E-state index is 0.818. The summed E-state index contributed by atoms with van der Waals surface area (Å²) in [4.78, 5) is 4.19. The fourth-order valence-electron chi connectivity index (χ4n) is 1.16. The highest BCUT2D eigenvalue weighted by Gasteiger charge is 2.35. The number of hydrogen-bond acceptors (Lipinski definition) is 1. The van der Waals surface area contributed by atoms with Gasteiger partial charge in [0.1, 0.15) is 0 Å². The summed E-state index contributed by atoms with van der Waals surface area (Å²) in [6.07, 6.45) is 5.70. The van der Waals surface area contributed by atoms with Gasteiger partial charge in [-0.05, 0) is 19.3 Å². The van der Waals surface area contributed by atoms with Crippen molar-refractivity contribution in [2.24, 2.45) is 16.8 Å². The minimum absolute atomic E-state index is 0.818. The number of fused-ring (bicyclic) bond motifs is 1. The van der Waals surface area contributed by atoms with Crippen molar-refractivity contribution in [1.29, 1.82) is 0 Å². The topological polar surface area (TPSA) is 12.4 Å². The molecule has 1 heteroatoms. The summed E-state index contributed by atoms with van der Waals surface area (Å²) in [5, 5.41) is 0. The van der Waals surface area contributed by atoms with Crippen molar-refractivity contribution >= 4 is 6.21 Å². The summed E-state index contributed by atoms with van der Waals surface area (Å²) in [7, 11) is 0. The van der Waals surface area contributed by atoms with Crippen LogP contribution < -0.4 is 0 Å². The molecule has 0 radical (unpaired) electrons. The van der Waals surface area contributed by atoms with Crippen LogP contribution in [0.3, 0.4) is 0 Å². The Morgan fingerprint density at radius 1 is 1.62 bits per heavy atom. The van der Waals surface area contributed by atoms with Crippen molar-refractivity contribution in [1.82, 2.24) is 0 Å². The van der Waals surface area contributed by atoms with Crippen LogP contribution in [-0.2, 0) is 0 Å². The van der Waals surface area contributed by atoms with Crippen LogP contribution in [-0.4, -0.2) is 6.21 Å². The molecule has 1 aliphatic carbocycles. The summed E-state index contributed by atoms with van der Waals surface area (Å²) in [6.45, 7) is 2.06. The number of rotatable bonds is 0. The predicted octanol–water partition coefficient (Wildman–Crippen LogP) is 1.61. The Balaban J connectivity index is 2.28. The second-order valence-electron chi connectivity index (χ2n) is 2.65. The average Bonchev–Trinajstić information content (AvgIpc) is 2.43. The second kappa shape index (κ2) is 1.22. The van der Waals surface area contributed by atoms with Gasteiger partial charge in [0.2, 0.25) is 0 Å². The number of allylic oxidation sites excluding steroid dienone is 2. The van der Waals surface area contributed by atoms with Crippen molar-refractivity contribution in [2.45, 2.75) is 13.3 Å². The zero-order chi connectivity index (χ0) is 5.56. The average molecular weight is 107 g/mol. The summed E-state index contributed by atoms with van der Waals surface area (Å²) in [5.74, 6) is 1.69. The number of nitrogens with zero attached hydrogens (tertiary/aromatic N) is 1. The van der Waals surface area contributed by atoms with E-state index >= 15 is 0 Å². The molecule has 0 aromatic heterocycles. The summed E-state index contributed by atoms with van der Waals surface area (Å²) < 4.78 is 0. The SMILES string of the molecule is CC1=CC2CC2C=N1. The van der Waals surface area contributed by atoms with E-state index in [2.05, 4.69) is 24.2 Å². The molecular formula is C7H9N. The van der Waals surface area contributed by atoms with Crippen LogP contribution >= 0.6 is 0 Å². The normalized spacial score (nSPS) is 40.9. The van der Waals surface area contributed by atoms with Crippen LogP contribution in [0.4, 0.5) is 0 Å². The molecule has 1 heterocycles. The van der Waals surface area contributed by atoms with Gasteiger partial charge in [0, 0.05) is 17.8 Å². The molecular weight excluding hydrogens is 98.1 g/mol. The molecule has 0 spiro atoms. The lowest BCUT2D eigenvalue weighted by molar-refractivity contribution is 0.992. The molecule has 42 valence electrons. The van der Waals surface area contributed by atoms with E-state index in [9.17, 15) is 0 Å². The third-order valence-electron chi connectivity index (χ3n) is 1.82. The van der Waals surface area contributed by atoms with E-state index in [4.69, 9.17) is 0 Å². The van der Waals surface area contributed by atoms with E-state index in [1.807, 2.05) is 0 Å². The Morgan fingerprint density at radius 2 is 2.50 bits per heavy atom.